The third-order valence-electron chi connectivity index (χ3n) is 2.85. The van der Waals surface area contributed by atoms with E-state index in [4.69, 9.17) is 4.74 Å². The molecular formula is C11H23NO. The Hall–Kier alpha value is -0.0800. The average molecular weight is 185 g/mol. The van der Waals surface area contributed by atoms with E-state index < -0.39 is 0 Å². The molecule has 0 saturated carbocycles. The number of nitrogens with zero attached hydrogens (tertiary/aromatic N) is 1. The van der Waals surface area contributed by atoms with Gasteiger partial charge in [-0.15, -0.1) is 0 Å². The Labute approximate surface area is 82.3 Å². The van der Waals surface area contributed by atoms with Gasteiger partial charge < -0.3 is 4.74 Å². The number of likely N-dealkylation sites (tertiary alicyclic amines) is 1. The van der Waals surface area contributed by atoms with E-state index in [0.29, 0.717) is 18.2 Å². The maximum absolute atomic E-state index is 5.82. The smallest absolute Gasteiger partial charge is 0.0705 e. The first-order valence-electron chi connectivity index (χ1n) is 5.54. The molecule has 13 heavy (non-hydrogen) atoms. The summed E-state index contributed by atoms with van der Waals surface area (Å²) in [6, 6.07) is 0.660. The van der Waals surface area contributed by atoms with Crippen LogP contribution < -0.4 is 0 Å². The van der Waals surface area contributed by atoms with Gasteiger partial charge in [0.2, 0.25) is 0 Å². The van der Waals surface area contributed by atoms with Gasteiger partial charge in [-0.1, -0.05) is 6.92 Å². The lowest BCUT2D eigenvalue weighted by Gasteiger charge is -2.29. The molecule has 1 heterocycles. The molecule has 2 nitrogen and oxygen atoms in total. The van der Waals surface area contributed by atoms with Crippen LogP contribution in [0.3, 0.4) is 0 Å². The fourth-order valence-corrected chi connectivity index (χ4v) is 2.30. The number of rotatable bonds is 4. The number of likely N-dealkylation sites (N-methyl/N-ethyl adjacent to an activating group) is 1. The van der Waals surface area contributed by atoms with E-state index in [2.05, 4.69) is 32.6 Å². The quantitative estimate of drug-likeness (QED) is 0.666. The van der Waals surface area contributed by atoms with Crippen molar-refractivity contribution in [2.45, 2.75) is 58.8 Å². The first-order valence-corrected chi connectivity index (χ1v) is 5.54. The van der Waals surface area contributed by atoms with Gasteiger partial charge in [0.05, 0.1) is 12.2 Å². The molecule has 1 aliphatic rings. The van der Waals surface area contributed by atoms with Gasteiger partial charge in [-0.3, -0.25) is 4.90 Å². The highest BCUT2D eigenvalue weighted by Crippen LogP contribution is 2.21. The van der Waals surface area contributed by atoms with E-state index in [1.54, 1.807) is 0 Å². The van der Waals surface area contributed by atoms with Crippen molar-refractivity contribution in [2.75, 3.05) is 13.1 Å². The maximum Gasteiger partial charge on any atom is 0.0705 e. The molecule has 78 valence electrons. The Kier molecular flexibility index (Phi) is 4.20. The highest BCUT2D eigenvalue weighted by molar-refractivity contribution is 4.83. The molecule has 0 aromatic rings. The second kappa shape index (κ2) is 4.97. The van der Waals surface area contributed by atoms with Gasteiger partial charge in [-0.2, -0.15) is 0 Å². The van der Waals surface area contributed by atoms with E-state index in [1.165, 1.54) is 19.4 Å². The molecule has 0 aromatic carbocycles. The fourth-order valence-electron chi connectivity index (χ4n) is 2.30. The predicted molar refractivity (Wildman–Crippen MR) is 56.0 cm³/mol. The molecule has 2 heteroatoms. The third-order valence-corrected chi connectivity index (χ3v) is 2.85. The molecule has 1 saturated heterocycles. The second-order valence-corrected chi connectivity index (χ2v) is 4.23. The van der Waals surface area contributed by atoms with E-state index in [1.807, 2.05) is 0 Å². The van der Waals surface area contributed by atoms with Gasteiger partial charge in [-0.05, 0) is 46.7 Å². The van der Waals surface area contributed by atoms with Crippen LogP contribution >= 0.6 is 0 Å². The van der Waals surface area contributed by atoms with Gasteiger partial charge in [-0.25, -0.2) is 0 Å². The zero-order chi connectivity index (χ0) is 9.84. The molecule has 0 amide bonds. The Morgan fingerprint density at radius 2 is 2.08 bits per heavy atom. The molecule has 0 aliphatic carbocycles. The summed E-state index contributed by atoms with van der Waals surface area (Å²) in [6.45, 7) is 11.1. The summed E-state index contributed by atoms with van der Waals surface area (Å²) >= 11 is 0. The van der Waals surface area contributed by atoms with Crippen molar-refractivity contribution in [3.8, 4) is 0 Å². The van der Waals surface area contributed by atoms with Crippen LogP contribution in [0, 0.1) is 0 Å². The Balaban J connectivity index is 2.40. The number of hydrogen-bond acceptors (Lipinski definition) is 2. The molecule has 1 fully saturated rings. The van der Waals surface area contributed by atoms with Gasteiger partial charge in [0.1, 0.15) is 0 Å². The maximum atomic E-state index is 5.82. The zero-order valence-corrected chi connectivity index (χ0v) is 9.42. The predicted octanol–water partition coefficient (Wildman–Crippen LogP) is 2.28. The van der Waals surface area contributed by atoms with Crippen molar-refractivity contribution < 1.29 is 4.74 Å². The van der Waals surface area contributed by atoms with Crippen LogP contribution in [0.4, 0.5) is 0 Å². The van der Waals surface area contributed by atoms with Gasteiger partial charge in [0.15, 0.2) is 0 Å². The van der Waals surface area contributed by atoms with Crippen molar-refractivity contribution in [3.63, 3.8) is 0 Å². The van der Waals surface area contributed by atoms with Crippen LogP contribution in [-0.2, 0) is 4.74 Å². The van der Waals surface area contributed by atoms with Gasteiger partial charge >= 0.3 is 0 Å². The van der Waals surface area contributed by atoms with E-state index >= 15 is 0 Å². The van der Waals surface area contributed by atoms with E-state index in [-0.39, 0.29) is 0 Å². The summed E-state index contributed by atoms with van der Waals surface area (Å²) in [4.78, 5) is 2.53. The molecule has 0 radical (unpaired) electrons. The molecule has 1 rings (SSSR count). The molecule has 1 aliphatic heterocycles. The van der Waals surface area contributed by atoms with Crippen molar-refractivity contribution in [3.05, 3.63) is 0 Å². The van der Waals surface area contributed by atoms with Crippen LogP contribution in [0.2, 0.25) is 0 Å². The molecular weight excluding hydrogens is 162 g/mol. The SMILES string of the molecule is CCN1CCC[C@@H]1C(C)OC(C)C. The molecule has 1 unspecified atom stereocenters. The van der Waals surface area contributed by atoms with Crippen LogP contribution in [0.5, 0.6) is 0 Å². The summed E-state index contributed by atoms with van der Waals surface area (Å²) < 4.78 is 5.82. The van der Waals surface area contributed by atoms with Gasteiger partial charge in [0.25, 0.3) is 0 Å². The molecule has 0 N–H and O–H groups in total. The van der Waals surface area contributed by atoms with E-state index in [0.717, 1.165) is 6.54 Å². The largest absolute Gasteiger partial charge is 0.374 e. The summed E-state index contributed by atoms with van der Waals surface area (Å²) in [5.41, 5.74) is 0. The zero-order valence-electron chi connectivity index (χ0n) is 9.42. The van der Waals surface area contributed by atoms with Crippen LogP contribution in [-0.4, -0.2) is 36.2 Å². The molecule has 2 atom stereocenters. The Morgan fingerprint density at radius 3 is 2.62 bits per heavy atom. The summed E-state index contributed by atoms with van der Waals surface area (Å²) in [6.07, 6.45) is 3.39. The Bertz CT molecular complexity index is 147. The van der Waals surface area contributed by atoms with E-state index in [9.17, 15) is 0 Å². The summed E-state index contributed by atoms with van der Waals surface area (Å²) in [5.74, 6) is 0. The standard InChI is InChI=1S/C11H23NO/c1-5-12-8-6-7-11(12)10(4)13-9(2)3/h9-11H,5-8H2,1-4H3/t10?,11-/m1/s1. The van der Waals surface area contributed by atoms with Crippen molar-refractivity contribution in [1.82, 2.24) is 4.90 Å². The first-order chi connectivity index (χ1) is 6.15. The lowest BCUT2D eigenvalue weighted by molar-refractivity contribution is -0.0239. The third kappa shape index (κ3) is 2.96. The first kappa shape index (κ1) is 11.0. The normalized spacial score (nSPS) is 27.0. The highest BCUT2D eigenvalue weighted by Gasteiger charge is 2.28. The minimum Gasteiger partial charge on any atom is -0.374 e. The van der Waals surface area contributed by atoms with Crippen molar-refractivity contribution in [1.29, 1.82) is 0 Å². The summed E-state index contributed by atoms with van der Waals surface area (Å²) in [7, 11) is 0. The highest BCUT2D eigenvalue weighted by atomic mass is 16.5. The van der Waals surface area contributed by atoms with Gasteiger partial charge in [0, 0.05) is 6.04 Å². The lowest BCUT2D eigenvalue weighted by atomic mass is 10.1. The van der Waals surface area contributed by atoms with Crippen molar-refractivity contribution in [2.24, 2.45) is 0 Å². The molecule has 0 bridgehead atoms. The van der Waals surface area contributed by atoms with Crippen molar-refractivity contribution >= 4 is 0 Å². The fraction of sp³-hybridized carbons (Fsp3) is 1.00. The molecule has 0 aromatic heterocycles. The van der Waals surface area contributed by atoms with Crippen LogP contribution in [0.15, 0.2) is 0 Å². The number of ether oxygens (including phenoxy) is 1. The minimum atomic E-state index is 0.356. The minimum absolute atomic E-state index is 0.356. The molecule has 0 spiro atoms. The lowest BCUT2D eigenvalue weighted by Crippen LogP contribution is -2.39. The average Bonchev–Trinajstić information content (AvgIpc) is 2.49. The Morgan fingerprint density at radius 1 is 1.38 bits per heavy atom. The number of hydrogen-bond donors (Lipinski definition) is 0. The van der Waals surface area contributed by atoms with Crippen LogP contribution in [0.1, 0.15) is 40.5 Å². The summed E-state index contributed by atoms with van der Waals surface area (Å²) in [5, 5.41) is 0. The second-order valence-electron chi connectivity index (χ2n) is 4.23. The monoisotopic (exact) mass is 185 g/mol. The topological polar surface area (TPSA) is 12.5 Å². The van der Waals surface area contributed by atoms with Crippen LogP contribution in [0.25, 0.3) is 0 Å².